The normalized spacial score (nSPS) is 13.5. The van der Waals surface area contributed by atoms with Crippen LogP contribution < -0.4 is 4.74 Å². The van der Waals surface area contributed by atoms with Gasteiger partial charge in [-0.15, -0.1) is 0 Å². The average molecular weight is 590 g/mol. The van der Waals surface area contributed by atoms with Gasteiger partial charge in [-0.3, -0.25) is 9.55 Å². The minimum atomic E-state index is -1.22. The van der Waals surface area contributed by atoms with E-state index in [0.29, 0.717) is 41.8 Å². The van der Waals surface area contributed by atoms with E-state index in [-0.39, 0.29) is 20.7 Å². The SMILES string of the molecule is COC(=O)c1cc2c(cc1OC1=CC=IC=C1)nc(-c1ccccn1)n2COCC[Si](C)(C)C. The van der Waals surface area contributed by atoms with Crippen molar-refractivity contribution in [3.05, 3.63) is 64.1 Å². The molecule has 0 fully saturated rings. The highest BCUT2D eigenvalue weighted by atomic mass is 127. The summed E-state index contributed by atoms with van der Waals surface area (Å²) in [7, 11) is 0.146. The molecule has 7 nitrogen and oxygen atoms in total. The van der Waals surface area contributed by atoms with Crippen molar-refractivity contribution in [2.45, 2.75) is 32.4 Å². The minimum absolute atomic E-state index is 0.0720. The zero-order chi connectivity index (χ0) is 24.1. The molecule has 0 spiro atoms. The molecule has 0 amide bonds. The van der Waals surface area contributed by atoms with Crippen molar-refractivity contribution in [2.24, 2.45) is 0 Å². The van der Waals surface area contributed by atoms with Crippen LogP contribution in [-0.2, 0) is 16.2 Å². The molecular formula is C25H28IN3O4Si. The molecule has 0 saturated heterocycles. The van der Waals surface area contributed by atoms with Gasteiger partial charge in [0.25, 0.3) is 0 Å². The van der Waals surface area contributed by atoms with Crippen molar-refractivity contribution < 1.29 is 19.0 Å². The number of carbonyl (C=O) groups is 1. The molecule has 0 radical (unpaired) electrons. The van der Waals surface area contributed by atoms with Crippen molar-refractivity contribution in [1.82, 2.24) is 14.5 Å². The van der Waals surface area contributed by atoms with Gasteiger partial charge >= 0.3 is 5.97 Å². The van der Waals surface area contributed by atoms with Crippen LogP contribution in [0.4, 0.5) is 0 Å². The van der Waals surface area contributed by atoms with Crippen molar-refractivity contribution in [1.29, 1.82) is 0 Å². The second-order valence-electron chi connectivity index (χ2n) is 8.97. The monoisotopic (exact) mass is 589 g/mol. The molecule has 34 heavy (non-hydrogen) atoms. The number of imidazole rings is 1. The van der Waals surface area contributed by atoms with E-state index in [1.807, 2.05) is 34.9 Å². The fourth-order valence-electron chi connectivity index (χ4n) is 3.35. The van der Waals surface area contributed by atoms with Crippen molar-refractivity contribution in [3.63, 3.8) is 0 Å². The zero-order valence-corrected chi connectivity index (χ0v) is 22.9. The number of aromatic nitrogens is 3. The standard InChI is InChI=1S/C25H28IN3O4Si/c1-31-25(30)19-15-22-21(16-23(19)33-18-8-10-26-11-9-18)28-24(20-7-5-6-12-27-20)29(22)17-32-13-14-34(2,3)4/h5-12,15-16H,13-14,17H2,1-4H3. The Kier molecular flexibility index (Phi) is 7.74. The van der Waals surface area contributed by atoms with Gasteiger partial charge in [-0.2, -0.15) is 0 Å². The Bertz CT molecular complexity index is 1280. The molecule has 0 aliphatic carbocycles. The molecule has 1 aliphatic heterocycles. The maximum absolute atomic E-state index is 12.7. The van der Waals surface area contributed by atoms with Gasteiger partial charge in [0, 0.05) is 26.9 Å². The number of fused-ring (bicyclic) bond motifs is 1. The van der Waals surface area contributed by atoms with E-state index in [9.17, 15) is 4.79 Å². The van der Waals surface area contributed by atoms with Crippen LogP contribution in [0, 0.1) is 0 Å². The smallest absolute Gasteiger partial charge is 0.341 e. The number of benzene rings is 1. The second kappa shape index (κ2) is 10.7. The third-order valence-corrected chi connectivity index (χ3v) is 8.45. The van der Waals surface area contributed by atoms with Crippen LogP contribution in [0.3, 0.4) is 0 Å². The average Bonchev–Trinajstić information content (AvgIpc) is 3.18. The topological polar surface area (TPSA) is 75.5 Å². The van der Waals surface area contributed by atoms with Gasteiger partial charge in [0.05, 0.1) is 18.1 Å². The Morgan fingerprint density at radius 1 is 1.21 bits per heavy atom. The molecule has 2 aromatic heterocycles. The molecule has 3 heterocycles. The third kappa shape index (κ3) is 5.89. The number of methoxy groups -OCH3 is 1. The molecule has 0 saturated carbocycles. The quantitative estimate of drug-likeness (QED) is 0.137. The second-order valence-corrected chi connectivity index (χ2v) is 16.7. The van der Waals surface area contributed by atoms with Gasteiger partial charge in [-0.05, 0) is 44.5 Å². The van der Waals surface area contributed by atoms with Gasteiger partial charge in [-0.25, -0.2) is 9.78 Å². The molecule has 178 valence electrons. The molecule has 4 rings (SSSR count). The summed E-state index contributed by atoms with van der Waals surface area (Å²) in [6, 6.07) is 10.3. The lowest BCUT2D eigenvalue weighted by Gasteiger charge is -2.16. The molecular weight excluding hydrogens is 561 g/mol. The van der Waals surface area contributed by atoms with Gasteiger partial charge in [-0.1, -0.05) is 46.4 Å². The van der Waals surface area contributed by atoms with Crippen LogP contribution in [0.25, 0.3) is 22.6 Å². The van der Waals surface area contributed by atoms with E-state index in [1.54, 1.807) is 18.3 Å². The van der Waals surface area contributed by atoms with E-state index in [2.05, 4.69) is 32.7 Å². The molecule has 0 unspecified atom stereocenters. The highest BCUT2D eigenvalue weighted by Gasteiger charge is 2.22. The molecule has 0 bridgehead atoms. The lowest BCUT2D eigenvalue weighted by molar-refractivity contribution is 0.0597. The largest absolute Gasteiger partial charge is 0.465 e. The number of nitrogens with zero attached hydrogens (tertiary/aromatic N) is 3. The van der Waals surface area contributed by atoms with Gasteiger partial charge in [0.1, 0.15) is 29.5 Å². The molecule has 0 atom stereocenters. The van der Waals surface area contributed by atoms with Crippen molar-refractivity contribution in [3.8, 4) is 17.3 Å². The van der Waals surface area contributed by atoms with Crippen LogP contribution in [0.5, 0.6) is 5.75 Å². The first kappa shape index (κ1) is 24.5. The summed E-state index contributed by atoms with van der Waals surface area (Å²) in [5, 5.41) is 0. The summed E-state index contributed by atoms with van der Waals surface area (Å²) in [5.74, 6) is 1.28. The first-order valence-corrected chi connectivity index (χ1v) is 17.2. The predicted octanol–water partition coefficient (Wildman–Crippen LogP) is 5.76. The Labute approximate surface area is 210 Å². The number of esters is 1. The van der Waals surface area contributed by atoms with Crippen LogP contribution in [0.1, 0.15) is 10.4 Å². The van der Waals surface area contributed by atoms with E-state index in [1.165, 1.54) is 7.11 Å². The summed E-state index contributed by atoms with van der Waals surface area (Å²) in [4.78, 5) is 22.0. The molecule has 0 N–H and O–H groups in total. The summed E-state index contributed by atoms with van der Waals surface area (Å²) in [6.07, 6.45) is 5.60. The molecule has 1 aliphatic rings. The summed E-state index contributed by atoms with van der Waals surface area (Å²) in [6.45, 7) is 7.94. The van der Waals surface area contributed by atoms with Gasteiger partial charge in [0.15, 0.2) is 5.82 Å². The Hall–Kier alpha value is -2.63. The molecule has 1 aromatic carbocycles. The number of pyridine rings is 1. The fraction of sp³-hybridized carbons (Fsp3) is 0.280. The van der Waals surface area contributed by atoms with Crippen LogP contribution >= 0.6 is 20.7 Å². The number of rotatable bonds is 9. The van der Waals surface area contributed by atoms with Crippen molar-refractivity contribution in [2.75, 3.05) is 13.7 Å². The Morgan fingerprint density at radius 3 is 2.74 bits per heavy atom. The number of ether oxygens (including phenoxy) is 3. The van der Waals surface area contributed by atoms with E-state index >= 15 is 0 Å². The van der Waals surface area contributed by atoms with Crippen LogP contribution in [-0.4, -0.2) is 46.3 Å². The Morgan fingerprint density at radius 2 is 2.06 bits per heavy atom. The van der Waals surface area contributed by atoms with Crippen LogP contribution in [0.2, 0.25) is 25.7 Å². The van der Waals surface area contributed by atoms with Gasteiger partial charge < -0.3 is 14.2 Å². The maximum Gasteiger partial charge on any atom is 0.341 e. The van der Waals surface area contributed by atoms with E-state index in [0.717, 1.165) is 17.3 Å². The number of hydrogen-bond donors (Lipinski definition) is 0. The first-order valence-electron chi connectivity index (χ1n) is 11.0. The number of carbonyl (C=O) groups excluding carboxylic acids is 1. The third-order valence-electron chi connectivity index (χ3n) is 5.19. The summed E-state index contributed by atoms with van der Waals surface area (Å²) >= 11 is -0.0720. The zero-order valence-electron chi connectivity index (χ0n) is 19.7. The molecule has 3 aromatic rings. The minimum Gasteiger partial charge on any atom is -0.465 e. The number of allylic oxidation sites excluding steroid dienone is 2. The Balaban J connectivity index is 1.78. The maximum atomic E-state index is 12.7. The summed E-state index contributed by atoms with van der Waals surface area (Å²) in [5.41, 5.74) is 2.51. The molecule has 9 heteroatoms. The number of hydrogen-bond acceptors (Lipinski definition) is 6. The van der Waals surface area contributed by atoms with E-state index in [4.69, 9.17) is 19.2 Å². The first-order chi connectivity index (χ1) is 16.4. The van der Waals surface area contributed by atoms with Gasteiger partial charge in [0.2, 0.25) is 0 Å². The highest BCUT2D eigenvalue weighted by molar-refractivity contribution is 14.2. The van der Waals surface area contributed by atoms with E-state index < -0.39 is 14.0 Å². The van der Waals surface area contributed by atoms with Crippen molar-refractivity contribution >= 4 is 49.8 Å². The highest BCUT2D eigenvalue weighted by Crippen LogP contribution is 2.32. The van der Waals surface area contributed by atoms with Crippen LogP contribution in [0.15, 0.2) is 58.5 Å². The fourth-order valence-corrected chi connectivity index (χ4v) is 5.47. The number of halogens is 1. The lowest BCUT2D eigenvalue weighted by atomic mass is 10.1. The lowest BCUT2D eigenvalue weighted by Crippen LogP contribution is -2.22. The predicted molar refractivity (Wildman–Crippen MR) is 146 cm³/mol. The summed E-state index contributed by atoms with van der Waals surface area (Å²) < 4.78 is 23.4.